The van der Waals surface area contributed by atoms with Gasteiger partial charge in [-0.3, -0.25) is 14.5 Å². The minimum Gasteiger partial charge on any atom is -0.497 e. The summed E-state index contributed by atoms with van der Waals surface area (Å²) in [6.07, 6.45) is 0. The van der Waals surface area contributed by atoms with Crippen molar-refractivity contribution in [3.63, 3.8) is 0 Å². The Kier molecular flexibility index (Phi) is 7.64. The Morgan fingerprint density at radius 2 is 1.78 bits per heavy atom. The van der Waals surface area contributed by atoms with Crippen LogP contribution in [0.2, 0.25) is 5.02 Å². The van der Waals surface area contributed by atoms with Gasteiger partial charge >= 0.3 is 0 Å². The van der Waals surface area contributed by atoms with Crippen molar-refractivity contribution in [1.82, 2.24) is 4.90 Å². The van der Waals surface area contributed by atoms with E-state index >= 15 is 0 Å². The van der Waals surface area contributed by atoms with Crippen molar-refractivity contribution in [3.05, 3.63) is 53.1 Å². The number of carbonyl (C=O) groups is 2. The molecule has 0 aliphatic rings. The molecule has 144 valence electrons. The highest BCUT2D eigenvalue weighted by Crippen LogP contribution is 2.20. The van der Waals surface area contributed by atoms with Crippen LogP contribution in [0.5, 0.6) is 5.75 Å². The maximum atomic E-state index is 12.3. The second-order valence-corrected chi connectivity index (χ2v) is 6.53. The average Bonchev–Trinajstić information content (AvgIpc) is 2.64. The zero-order chi connectivity index (χ0) is 19.8. The van der Waals surface area contributed by atoms with E-state index in [2.05, 4.69) is 10.6 Å². The van der Waals surface area contributed by atoms with Crippen LogP contribution >= 0.6 is 11.6 Å². The van der Waals surface area contributed by atoms with E-state index in [1.54, 1.807) is 48.4 Å². The van der Waals surface area contributed by atoms with Gasteiger partial charge in [-0.1, -0.05) is 30.7 Å². The summed E-state index contributed by atoms with van der Waals surface area (Å²) in [7, 11) is 1.57. The highest BCUT2D eigenvalue weighted by atomic mass is 35.5. The van der Waals surface area contributed by atoms with E-state index in [1.807, 2.05) is 19.9 Å². The lowest BCUT2D eigenvalue weighted by atomic mass is 10.2. The van der Waals surface area contributed by atoms with Crippen molar-refractivity contribution in [2.24, 2.45) is 0 Å². The number of likely N-dealkylation sites (N-methyl/N-ethyl adjacent to an activating group) is 1. The third kappa shape index (κ3) is 6.58. The Morgan fingerprint density at radius 1 is 1.07 bits per heavy atom. The second-order valence-electron chi connectivity index (χ2n) is 6.09. The van der Waals surface area contributed by atoms with Crippen LogP contribution in [0.15, 0.2) is 42.5 Å². The molecular weight excluding hydrogens is 366 g/mol. The highest BCUT2D eigenvalue weighted by Gasteiger charge is 2.14. The number of aryl methyl sites for hydroxylation is 1. The van der Waals surface area contributed by atoms with Crippen LogP contribution in [0.3, 0.4) is 0 Å². The minimum absolute atomic E-state index is 0.105. The molecule has 2 aromatic rings. The number of amides is 2. The number of ether oxygens (including phenoxy) is 1. The van der Waals surface area contributed by atoms with E-state index in [-0.39, 0.29) is 24.9 Å². The van der Waals surface area contributed by atoms with Crippen LogP contribution in [0, 0.1) is 6.92 Å². The van der Waals surface area contributed by atoms with E-state index in [9.17, 15) is 9.59 Å². The number of methoxy groups -OCH3 is 1. The molecule has 2 amide bonds. The number of anilines is 2. The summed E-state index contributed by atoms with van der Waals surface area (Å²) < 4.78 is 5.14. The zero-order valence-corrected chi connectivity index (χ0v) is 16.5. The van der Waals surface area contributed by atoms with Crippen LogP contribution in [-0.2, 0) is 9.59 Å². The van der Waals surface area contributed by atoms with Gasteiger partial charge < -0.3 is 15.4 Å². The van der Waals surface area contributed by atoms with Crippen molar-refractivity contribution in [2.45, 2.75) is 13.8 Å². The van der Waals surface area contributed by atoms with Crippen molar-refractivity contribution in [2.75, 3.05) is 37.4 Å². The Morgan fingerprint density at radius 3 is 2.44 bits per heavy atom. The van der Waals surface area contributed by atoms with E-state index in [1.165, 1.54) is 0 Å². The minimum atomic E-state index is -0.198. The van der Waals surface area contributed by atoms with Gasteiger partial charge in [0.05, 0.1) is 20.2 Å². The fraction of sp³-hybridized carbons (Fsp3) is 0.300. The molecular formula is C20H24ClN3O3. The van der Waals surface area contributed by atoms with Gasteiger partial charge in [-0.15, -0.1) is 0 Å². The van der Waals surface area contributed by atoms with E-state index in [0.29, 0.717) is 28.7 Å². The predicted octanol–water partition coefficient (Wildman–Crippen LogP) is 3.56. The van der Waals surface area contributed by atoms with Crippen LogP contribution in [-0.4, -0.2) is 43.5 Å². The number of nitrogens with one attached hydrogen (secondary N) is 2. The molecule has 0 bridgehead atoms. The summed E-state index contributed by atoms with van der Waals surface area (Å²) in [6.45, 7) is 4.57. The van der Waals surface area contributed by atoms with E-state index in [0.717, 1.165) is 5.56 Å². The van der Waals surface area contributed by atoms with Gasteiger partial charge in [-0.25, -0.2) is 0 Å². The topological polar surface area (TPSA) is 70.7 Å². The number of benzene rings is 2. The van der Waals surface area contributed by atoms with Gasteiger partial charge in [-0.2, -0.15) is 0 Å². The first-order chi connectivity index (χ1) is 12.9. The Labute approximate surface area is 164 Å². The number of carbonyl (C=O) groups excluding carboxylic acids is 2. The highest BCUT2D eigenvalue weighted by molar-refractivity contribution is 6.31. The molecule has 0 saturated carbocycles. The smallest absolute Gasteiger partial charge is 0.238 e. The third-order valence-corrected chi connectivity index (χ3v) is 4.24. The van der Waals surface area contributed by atoms with Gasteiger partial charge in [0.25, 0.3) is 0 Å². The molecule has 0 aromatic heterocycles. The molecule has 0 heterocycles. The molecule has 0 aliphatic heterocycles. The quantitative estimate of drug-likeness (QED) is 0.724. The van der Waals surface area contributed by atoms with Crippen molar-refractivity contribution < 1.29 is 14.3 Å². The largest absolute Gasteiger partial charge is 0.497 e. The predicted molar refractivity (Wildman–Crippen MR) is 109 cm³/mol. The third-order valence-electron chi connectivity index (χ3n) is 4.01. The van der Waals surface area contributed by atoms with E-state index < -0.39 is 0 Å². The average molecular weight is 390 g/mol. The number of hydrogen-bond acceptors (Lipinski definition) is 4. The van der Waals surface area contributed by atoms with Gasteiger partial charge in [0.2, 0.25) is 11.8 Å². The van der Waals surface area contributed by atoms with Crippen molar-refractivity contribution >= 4 is 34.8 Å². The van der Waals surface area contributed by atoms with Gasteiger partial charge in [0.15, 0.2) is 0 Å². The molecule has 2 N–H and O–H groups in total. The van der Waals surface area contributed by atoms with Crippen molar-refractivity contribution in [1.29, 1.82) is 0 Å². The molecule has 0 saturated heterocycles. The first-order valence-electron chi connectivity index (χ1n) is 8.63. The fourth-order valence-electron chi connectivity index (χ4n) is 2.51. The number of nitrogens with zero attached hydrogens (tertiary/aromatic N) is 1. The maximum absolute atomic E-state index is 12.3. The normalized spacial score (nSPS) is 10.6. The molecule has 0 spiro atoms. The SMILES string of the molecule is CCN(CC(=O)Nc1cccc(OC)c1)CC(=O)Nc1cc(Cl)ccc1C. The number of halogens is 1. The zero-order valence-electron chi connectivity index (χ0n) is 15.7. The summed E-state index contributed by atoms with van der Waals surface area (Å²) in [5.74, 6) is 0.268. The van der Waals surface area contributed by atoms with E-state index in [4.69, 9.17) is 16.3 Å². The summed E-state index contributed by atoms with van der Waals surface area (Å²) in [5, 5.41) is 6.21. The summed E-state index contributed by atoms with van der Waals surface area (Å²) in [4.78, 5) is 26.4. The summed E-state index contributed by atoms with van der Waals surface area (Å²) in [6, 6.07) is 12.4. The van der Waals surface area contributed by atoms with Gasteiger partial charge in [-0.05, 0) is 43.3 Å². The van der Waals surface area contributed by atoms with Crippen LogP contribution in [0.4, 0.5) is 11.4 Å². The molecule has 2 aromatic carbocycles. The standard InChI is InChI=1S/C20H24ClN3O3/c1-4-24(12-19(25)22-16-6-5-7-17(11-16)27-3)13-20(26)23-18-10-15(21)9-8-14(18)2/h5-11H,4,12-13H2,1-3H3,(H,22,25)(H,23,26). The molecule has 0 aliphatic carbocycles. The monoisotopic (exact) mass is 389 g/mol. The molecule has 7 heteroatoms. The lowest BCUT2D eigenvalue weighted by Crippen LogP contribution is -2.38. The molecule has 2 rings (SSSR count). The van der Waals surface area contributed by atoms with Crippen LogP contribution < -0.4 is 15.4 Å². The van der Waals surface area contributed by atoms with Gasteiger partial charge in [0, 0.05) is 22.5 Å². The Balaban J connectivity index is 1.91. The van der Waals surface area contributed by atoms with Crippen molar-refractivity contribution in [3.8, 4) is 5.75 Å². The molecule has 0 fully saturated rings. The van der Waals surface area contributed by atoms with Crippen LogP contribution in [0.1, 0.15) is 12.5 Å². The first kappa shape index (κ1) is 20.7. The second kappa shape index (κ2) is 9.94. The molecule has 27 heavy (non-hydrogen) atoms. The lowest BCUT2D eigenvalue weighted by Gasteiger charge is -2.20. The molecule has 0 atom stereocenters. The molecule has 6 nitrogen and oxygen atoms in total. The Bertz CT molecular complexity index is 811. The summed E-state index contributed by atoms with van der Waals surface area (Å²) >= 11 is 5.98. The number of hydrogen-bond donors (Lipinski definition) is 2. The summed E-state index contributed by atoms with van der Waals surface area (Å²) in [5.41, 5.74) is 2.24. The lowest BCUT2D eigenvalue weighted by molar-refractivity contribution is -0.119. The Hall–Kier alpha value is -2.57. The van der Waals surface area contributed by atoms with Gasteiger partial charge in [0.1, 0.15) is 5.75 Å². The molecule has 0 unspecified atom stereocenters. The molecule has 0 radical (unpaired) electrons. The fourth-order valence-corrected chi connectivity index (χ4v) is 2.68. The first-order valence-corrected chi connectivity index (χ1v) is 9.01. The maximum Gasteiger partial charge on any atom is 0.238 e. The number of rotatable bonds is 8. The van der Waals surface area contributed by atoms with Crippen LogP contribution in [0.25, 0.3) is 0 Å².